The lowest BCUT2D eigenvalue weighted by Crippen LogP contribution is -2.49. The van der Waals surface area contributed by atoms with Crippen LogP contribution in [0.15, 0.2) is 0 Å². The van der Waals surface area contributed by atoms with Crippen LogP contribution in [-0.2, 0) is 0 Å². The number of aliphatic hydroxyl groups excluding tert-OH is 1. The van der Waals surface area contributed by atoms with Gasteiger partial charge in [-0.15, -0.1) is 0 Å². The molecule has 1 saturated heterocycles. The predicted molar refractivity (Wildman–Crippen MR) is 32.7 cm³/mol. The first-order valence-electron chi connectivity index (χ1n) is 3.10. The molecule has 9 heavy (non-hydrogen) atoms. The van der Waals surface area contributed by atoms with Gasteiger partial charge in [-0.25, -0.2) is 0 Å². The van der Waals surface area contributed by atoms with Crippen LogP contribution in [0.4, 0.5) is 0 Å². The second kappa shape index (κ2) is 2.81. The Morgan fingerprint density at radius 2 is 2.56 bits per heavy atom. The molecule has 3 heteroatoms. The van der Waals surface area contributed by atoms with E-state index in [-0.39, 0.29) is 12.6 Å². The highest BCUT2D eigenvalue weighted by molar-refractivity contribution is 4.88. The van der Waals surface area contributed by atoms with Crippen LogP contribution in [0.3, 0.4) is 0 Å². The first-order valence-corrected chi connectivity index (χ1v) is 3.10. The standard InChI is InChI=1S/C6H10N2O/c7-2-4-8-3-1-6(8)5-9/h6,9H,1,3-5H2. The van der Waals surface area contributed by atoms with Crippen molar-refractivity contribution in [1.82, 2.24) is 4.90 Å². The first-order chi connectivity index (χ1) is 4.38. The van der Waals surface area contributed by atoms with E-state index in [0.29, 0.717) is 6.54 Å². The van der Waals surface area contributed by atoms with E-state index >= 15 is 0 Å². The zero-order valence-electron chi connectivity index (χ0n) is 5.25. The lowest BCUT2D eigenvalue weighted by Gasteiger charge is -2.37. The molecule has 3 nitrogen and oxygen atoms in total. The number of hydrogen-bond acceptors (Lipinski definition) is 3. The fourth-order valence-corrected chi connectivity index (χ4v) is 1.000. The summed E-state index contributed by atoms with van der Waals surface area (Å²) in [5, 5.41) is 16.9. The van der Waals surface area contributed by atoms with E-state index < -0.39 is 0 Å². The van der Waals surface area contributed by atoms with Crippen molar-refractivity contribution in [2.45, 2.75) is 12.5 Å². The molecule has 1 rings (SSSR count). The van der Waals surface area contributed by atoms with Crippen molar-refractivity contribution in [2.24, 2.45) is 0 Å². The lowest BCUT2D eigenvalue weighted by molar-refractivity contribution is 0.0548. The summed E-state index contributed by atoms with van der Waals surface area (Å²) in [6.45, 7) is 1.63. The molecular weight excluding hydrogens is 116 g/mol. The molecule has 1 fully saturated rings. The fraction of sp³-hybridized carbons (Fsp3) is 0.833. The highest BCUT2D eigenvalue weighted by atomic mass is 16.3. The Hall–Kier alpha value is -0.590. The molecule has 50 valence electrons. The predicted octanol–water partition coefficient (Wildman–Crippen LogP) is -0.423. The molecule has 0 amide bonds. The van der Waals surface area contributed by atoms with Crippen molar-refractivity contribution >= 4 is 0 Å². The molecule has 1 atom stereocenters. The van der Waals surface area contributed by atoms with Gasteiger partial charge in [0.25, 0.3) is 0 Å². The van der Waals surface area contributed by atoms with Gasteiger partial charge in [0.05, 0.1) is 19.2 Å². The molecule has 0 radical (unpaired) electrons. The van der Waals surface area contributed by atoms with E-state index in [1.165, 1.54) is 0 Å². The van der Waals surface area contributed by atoms with Gasteiger partial charge in [-0.05, 0) is 6.42 Å². The van der Waals surface area contributed by atoms with Crippen LogP contribution >= 0.6 is 0 Å². The van der Waals surface area contributed by atoms with E-state index in [0.717, 1.165) is 13.0 Å². The van der Waals surface area contributed by atoms with Crippen LogP contribution < -0.4 is 0 Å². The Bertz CT molecular complexity index is 128. The maximum atomic E-state index is 8.63. The summed E-state index contributed by atoms with van der Waals surface area (Å²) in [5.74, 6) is 0. The third kappa shape index (κ3) is 1.21. The monoisotopic (exact) mass is 126 g/mol. The molecule has 1 heterocycles. The van der Waals surface area contributed by atoms with E-state index in [2.05, 4.69) is 0 Å². The molecular formula is C6H10N2O. The summed E-state index contributed by atoms with van der Waals surface area (Å²) in [5.41, 5.74) is 0. The maximum Gasteiger partial charge on any atom is 0.0869 e. The van der Waals surface area contributed by atoms with Gasteiger partial charge in [-0.1, -0.05) is 0 Å². The van der Waals surface area contributed by atoms with Gasteiger partial charge in [0.2, 0.25) is 0 Å². The minimum absolute atomic E-state index is 0.196. The normalized spacial score (nSPS) is 26.9. The molecule has 0 bridgehead atoms. The van der Waals surface area contributed by atoms with Gasteiger partial charge in [-0.3, -0.25) is 4.90 Å². The molecule has 1 aliphatic rings. The van der Waals surface area contributed by atoms with Crippen LogP contribution in [-0.4, -0.2) is 35.7 Å². The summed E-state index contributed by atoms with van der Waals surface area (Å²) < 4.78 is 0. The smallest absolute Gasteiger partial charge is 0.0869 e. The third-order valence-corrected chi connectivity index (χ3v) is 1.75. The average molecular weight is 126 g/mol. The first kappa shape index (κ1) is 6.53. The van der Waals surface area contributed by atoms with Gasteiger partial charge in [0.1, 0.15) is 0 Å². The molecule has 0 aromatic heterocycles. The minimum Gasteiger partial charge on any atom is -0.395 e. The maximum absolute atomic E-state index is 8.63. The van der Waals surface area contributed by atoms with Crippen molar-refractivity contribution < 1.29 is 5.11 Å². The summed E-state index contributed by atoms with van der Waals surface area (Å²) >= 11 is 0. The van der Waals surface area contributed by atoms with Gasteiger partial charge < -0.3 is 5.11 Å². The number of aliphatic hydroxyl groups is 1. The van der Waals surface area contributed by atoms with Crippen LogP contribution in [0.5, 0.6) is 0 Å². The van der Waals surface area contributed by atoms with Gasteiger partial charge in [0, 0.05) is 12.6 Å². The molecule has 0 saturated carbocycles. The molecule has 1 N–H and O–H groups in total. The zero-order valence-corrected chi connectivity index (χ0v) is 5.25. The third-order valence-electron chi connectivity index (χ3n) is 1.75. The summed E-state index contributed by atoms with van der Waals surface area (Å²) in [6.07, 6.45) is 1.04. The second-order valence-electron chi connectivity index (χ2n) is 2.25. The van der Waals surface area contributed by atoms with E-state index in [1.807, 2.05) is 11.0 Å². The summed E-state index contributed by atoms with van der Waals surface area (Å²) in [7, 11) is 0. The molecule has 1 aliphatic heterocycles. The van der Waals surface area contributed by atoms with Crippen molar-refractivity contribution in [1.29, 1.82) is 5.26 Å². The largest absolute Gasteiger partial charge is 0.395 e. The SMILES string of the molecule is N#CCN1CCC1CO. The van der Waals surface area contributed by atoms with Crippen molar-refractivity contribution in [2.75, 3.05) is 19.7 Å². The van der Waals surface area contributed by atoms with E-state index in [9.17, 15) is 0 Å². The summed E-state index contributed by atoms with van der Waals surface area (Å²) in [4.78, 5) is 1.97. The number of nitrogens with zero attached hydrogens (tertiary/aromatic N) is 2. The Kier molecular flexibility index (Phi) is 2.04. The second-order valence-corrected chi connectivity index (χ2v) is 2.25. The molecule has 0 aromatic carbocycles. The fourth-order valence-electron chi connectivity index (χ4n) is 1.000. The van der Waals surface area contributed by atoms with Crippen LogP contribution in [0, 0.1) is 11.3 Å². The van der Waals surface area contributed by atoms with E-state index in [4.69, 9.17) is 10.4 Å². The van der Waals surface area contributed by atoms with Gasteiger partial charge >= 0.3 is 0 Å². The number of rotatable bonds is 2. The highest BCUT2D eigenvalue weighted by Crippen LogP contribution is 2.14. The number of likely N-dealkylation sites (tertiary alicyclic amines) is 1. The lowest BCUT2D eigenvalue weighted by atomic mass is 10.1. The number of nitriles is 1. The Morgan fingerprint density at radius 3 is 2.89 bits per heavy atom. The quantitative estimate of drug-likeness (QED) is 0.511. The van der Waals surface area contributed by atoms with Gasteiger partial charge in [0.15, 0.2) is 0 Å². The Balaban J connectivity index is 2.21. The minimum atomic E-state index is 0.196. The van der Waals surface area contributed by atoms with Crippen molar-refractivity contribution in [3.8, 4) is 6.07 Å². The van der Waals surface area contributed by atoms with Crippen molar-refractivity contribution in [3.63, 3.8) is 0 Å². The topological polar surface area (TPSA) is 47.3 Å². The Labute approximate surface area is 54.5 Å². The number of hydrogen-bond donors (Lipinski definition) is 1. The average Bonchev–Trinajstić information content (AvgIpc) is 1.82. The zero-order chi connectivity index (χ0) is 6.69. The molecule has 0 aliphatic carbocycles. The van der Waals surface area contributed by atoms with Crippen LogP contribution in [0.2, 0.25) is 0 Å². The van der Waals surface area contributed by atoms with Crippen LogP contribution in [0.1, 0.15) is 6.42 Å². The van der Waals surface area contributed by atoms with Crippen LogP contribution in [0.25, 0.3) is 0 Å². The molecule has 0 aromatic rings. The summed E-state index contributed by atoms with van der Waals surface area (Å²) in [6, 6.07) is 2.32. The van der Waals surface area contributed by atoms with E-state index in [1.54, 1.807) is 0 Å². The molecule has 0 spiro atoms. The van der Waals surface area contributed by atoms with Gasteiger partial charge in [-0.2, -0.15) is 5.26 Å². The molecule has 1 unspecified atom stereocenters. The highest BCUT2D eigenvalue weighted by Gasteiger charge is 2.25. The Morgan fingerprint density at radius 1 is 1.78 bits per heavy atom. The van der Waals surface area contributed by atoms with Crippen molar-refractivity contribution in [3.05, 3.63) is 0 Å².